The molecule has 2 aromatic carbocycles. The van der Waals surface area contributed by atoms with Crippen LogP contribution >= 0.6 is 11.6 Å². The van der Waals surface area contributed by atoms with Crippen LogP contribution in [0, 0.1) is 6.92 Å². The molecule has 3 N–H and O–H groups in total. The number of guanidine groups is 1. The van der Waals surface area contributed by atoms with Crippen molar-refractivity contribution in [3.05, 3.63) is 64.7 Å². The van der Waals surface area contributed by atoms with Crippen LogP contribution in [-0.2, 0) is 0 Å². The van der Waals surface area contributed by atoms with Gasteiger partial charge in [0.25, 0.3) is 5.91 Å². The fourth-order valence-corrected chi connectivity index (χ4v) is 1.87. The first-order valence-electron chi connectivity index (χ1n) is 6.02. The maximum atomic E-state index is 11.9. The molecule has 0 saturated heterocycles. The molecule has 0 saturated carbocycles. The van der Waals surface area contributed by atoms with Crippen molar-refractivity contribution in [3.8, 4) is 0 Å². The Balaban J connectivity index is 2.11. The maximum absolute atomic E-state index is 11.9. The Labute approximate surface area is 122 Å². The molecule has 4 nitrogen and oxygen atoms in total. The van der Waals surface area contributed by atoms with Gasteiger partial charge in [0, 0.05) is 10.6 Å². The summed E-state index contributed by atoms with van der Waals surface area (Å²) < 4.78 is 0. The van der Waals surface area contributed by atoms with E-state index in [2.05, 4.69) is 10.3 Å². The van der Waals surface area contributed by atoms with Crippen LogP contribution in [0.4, 0.5) is 5.69 Å². The van der Waals surface area contributed by atoms with Gasteiger partial charge in [0.2, 0.25) is 5.96 Å². The summed E-state index contributed by atoms with van der Waals surface area (Å²) in [6, 6.07) is 14.1. The zero-order valence-corrected chi connectivity index (χ0v) is 11.7. The average molecular weight is 288 g/mol. The lowest BCUT2D eigenvalue weighted by molar-refractivity contribution is 0.0976. The predicted molar refractivity (Wildman–Crippen MR) is 81.4 cm³/mol. The number of hydrogen-bond acceptors (Lipinski definition) is 2. The van der Waals surface area contributed by atoms with E-state index in [1.165, 1.54) is 0 Å². The van der Waals surface area contributed by atoms with Crippen LogP contribution in [0.25, 0.3) is 0 Å². The Hall–Kier alpha value is -2.33. The quantitative estimate of drug-likeness (QED) is 0.658. The van der Waals surface area contributed by atoms with Crippen molar-refractivity contribution < 1.29 is 4.79 Å². The molecule has 5 heteroatoms. The van der Waals surface area contributed by atoms with Gasteiger partial charge in [-0.1, -0.05) is 29.8 Å². The summed E-state index contributed by atoms with van der Waals surface area (Å²) in [5.41, 5.74) is 7.91. The fraction of sp³-hybridized carbons (Fsp3) is 0.0667. The summed E-state index contributed by atoms with van der Waals surface area (Å²) in [7, 11) is 0. The highest BCUT2D eigenvalue weighted by Crippen LogP contribution is 2.13. The number of amides is 1. The summed E-state index contributed by atoms with van der Waals surface area (Å²) in [6.45, 7) is 1.96. The number of carbonyl (C=O) groups is 1. The fourth-order valence-electron chi connectivity index (χ4n) is 1.68. The lowest BCUT2D eigenvalue weighted by Crippen LogP contribution is -2.36. The molecular formula is C15H14ClN3O. The van der Waals surface area contributed by atoms with Gasteiger partial charge in [0.05, 0.1) is 5.69 Å². The SMILES string of the molecule is Cc1cccc(N=C(N)NC(=O)c2cccc(Cl)c2)c1. The number of benzene rings is 2. The Morgan fingerprint density at radius 1 is 1.20 bits per heavy atom. The van der Waals surface area contributed by atoms with Crippen molar-refractivity contribution in [2.75, 3.05) is 0 Å². The van der Waals surface area contributed by atoms with Crippen LogP contribution in [0.3, 0.4) is 0 Å². The molecule has 102 valence electrons. The van der Waals surface area contributed by atoms with Crippen molar-refractivity contribution in [3.63, 3.8) is 0 Å². The first kappa shape index (κ1) is 14.1. The molecule has 0 unspecified atom stereocenters. The molecular weight excluding hydrogens is 274 g/mol. The predicted octanol–water partition coefficient (Wildman–Crippen LogP) is 3.02. The molecule has 0 fully saturated rings. The second-order valence-corrected chi connectivity index (χ2v) is 4.74. The van der Waals surface area contributed by atoms with E-state index in [1.807, 2.05) is 31.2 Å². The Morgan fingerprint density at radius 2 is 1.95 bits per heavy atom. The highest BCUT2D eigenvalue weighted by atomic mass is 35.5. The van der Waals surface area contributed by atoms with Crippen molar-refractivity contribution in [1.29, 1.82) is 0 Å². The zero-order valence-electron chi connectivity index (χ0n) is 10.9. The van der Waals surface area contributed by atoms with Gasteiger partial charge in [-0.3, -0.25) is 10.1 Å². The highest BCUT2D eigenvalue weighted by Gasteiger charge is 2.07. The summed E-state index contributed by atoms with van der Waals surface area (Å²) in [5, 5.41) is 3.01. The molecule has 0 aliphatic heterocycles. The van der Waals surface area contributed by atoms with Gasteiger partial charge in [0.1, 0.15) is 0 Å². The van der Waals surface area contributed by atoms with E-state index in [0.717, 1.165) is 5.56 Å². The van der Waals surface area contributed by atoms with Gasteiger partial charge in [-0.2, -0.15) is 0 Å². The normalized spacial score (nSPS) is 11.2. The van der Waals surface area contributed by atoms with Crippen molar-refractivity contribution >= 4 is 29.2 Å². The van der Waals surface area contributed by atoms with E-state index in [0.29, 0.717) is 16.3 Å². The minimum absolute atomic E-state index is 0.0422. The summed E-state index contributed by atoms with van der Waals surface area (Å²) in [6.07, 6.45) is 0. The van der Waals surface area contributed by atoms with E-state index in [4.69, 9.17) is 17.3 Å². The van der Waals surface area contributed by atoms with Gasteiger partial charge >= 0.3 is 0 Å². The minimum atomic E-state index is -0.346. The number of nitrogens with zero attached hydrogens (tertiary/aromatic N) is 1. The highest BCUT2D eigenvalue weighted by molar-refractivity contribution is 6.31. The molecule has 0 atom stereocenters. The molecule has 2 rings (SSSR count). The summed E-state index contributed by atoms with van der Waals surface area (Å²) in [5.74, 6) is -0.304. The van der Waals surface area contributed by atoms with Crippen molar-refractivity contribution in [2.24, 2.45) is 10.7 Å². The minimum Gasteiger partial charge on any atom is -0.369 e. The monoisotopic (exact) mass is 287 g/mol. The summed E-state index contributed by atoms with van der Waals surface area (Å²) in [4.78, 5) is 16.1. The smallest absolute Gasteiger partial charge is 0.258 e. The average Bonchev–Trinajstić information content (AvgIpc) is 2.38. The summed E-state index contributed by atoms with van der Waals surface area (Å²) >= 11 is 5.83. The maximum Gasteiger partial charge on any atom is 0.258 e. The first-order chi connectivity index (χ1) is 9.54. The van der Waals surface area contributed by atoms with Crippen LogP contribution in [-0.4, -0.2) is 11.9 Å². The Bertz CT molecular complexity index is 668. The van der Waals surface area contributed by atoms with Gasteiger partial charge in [-0.05, 0) is 42.8 Å². The van der Waals surface area contributed by atoms with Crippen molar-refractivity contribution in [1.82, 2.24) is 5.32 Å². The zero-order chi connectivity index (χ0) is 14.5. The lowest BCUT2D eigenvalue weighted by atomic mass is 10.2. The van der Waals surface area contributed by atoms with Crippen LogP contribution < -0.4 is 11.1 Å². The molecule has 0 spiro atoms. The third kappa shape index (κ3) is 3.83. The lowest BCUT2D eigenvalue weighted by Gasteiger charge is -2.05. The third-order valence-electron chi connectivity index (χ3n) is 2.58. The molecule has 0 aromatic heterocycles. The molecule has 0 bridgehead atoms. The number of hydrogen-bond donors (Lipinski definition) is 2. The van der Waals surface area contributed by atoms with Gasteiger partial charge < -0.3 is 5.73 Å². The van der Waals surface area contributed by atoms with E-state index in [9.17, 15) is 4.79 Å². The van der Waals surface area contributed by atoms with E-state index in [1.54, 1.807) is 24.3 Å². The molecule has 0 aliphatic carbocycles. The molecule has 0 aliphatic rings. The second kappa shape index (κ2) is 6.21. The topological polar surface area (TPSA) is 67.5 Å². The van der Waals surface area contributed by atoms with Crippen LogP contribution in [0.2, 0.25) is 5.02 Å². The van der Waals surface area contributed by atoms with Crippen LogP contribution in [0.5, 0.6) is 0 Å². The van der Waals surface area contributed by atoms with Crippen LogP contribution in [0.15, 0.2) is 53.5 Å². The van der Waals surface area contributed by atoms with Gasteiger partial charge in [-0.15, -0.1) is 0 Å². The van der Waals surface area contributed by atoms with E-state index >= 15 is 0 Å². The molecule has 20 heavy (non-hydrogen) atoms. The first-order valence-corrected chi connectivity index (χ1v) is 6.40. The molecule has 0 heterocycles. The van der Waals surface area contributed by atoms with Gasteiger partial charge in [0.15, 0.2) is 0 Å². The number of halogens is 1. The Kier molecular flexibility index (Phi) is 4.38. The number of nitrogens with two attached hydrogens (primary N) is 1. The van der Waals surface area contributed by atoms with Crippen LogP contribution in [0.1, 0.15) is 15.9 Å². The number of carbonyl (C=O) groups excluding carboxylic acids is 1. The number of aryl methyl sites for hydroxylation is 1. The number of aliphatic imine (C=N–C) groups is 1. The number of rotatable bonds is 2. The van der Waals surface area contributed by atoms with E-state index in [-0.39, 0.29) is 11.9 Å². The third-order valence-corrected chi connectivity index (χ3v) is 2.81. The van der Waals surface area contributed by atoms with E-state index < -0.39 is 0 Å². The largest absolute Gasteiger partial charge is 0.369 e. The number of nitrogens with one attached hydrogen (secondary N) is 1. The van der Waals surface area contributed by atoms with Gasteiger partial charge in [-0.25, -0.2) is 4.99 Å². The Morgan fingerprint density at radius 3 is 2.65 bits per heavy atom. The standard InChI is InChI=1S/C15H14ClN3O/c1-10-4-2-7-13(8-10)18-15(17)19-14(20)11-5-3-6-12(16)9-11/h2-9H,1H3,(H3,17,18,19,20). The van der Waals surface area contributed by atoms with Crippen molar-refractivity contribution in [2.45, 2.75) is 6.92 Å². The second-order valence-electron chi connectivity index (χ2n) is 4.30. The molecule has 2 aromatic rings. The molecule has 0 radical (unpaired) electrons. The molecule has 1 amide bonds.